The quantitative estimate of drug-likeness (QED) is 0.163. The molecule has 0 saturated heterocycles. The molecule has 6 aromatic rings. The van der Waals surface area contributed by atoms with Gasteiger partial charge >= 0.3 is 1.43 Å². The Hall–Kier alpha value is -5.95. The van der Waals surface area contributed by atoms with Crippen molar-refractivity contribution in [3.63, 3.8) is 0 Å². The molecule has 0 radical (unpaired) electrons. The Morgan fingerprint density at radius 3 is 1.22 bits per heavy atom. The fourth-order valence-electron chi connectivity index (χ4n) is 5.11. The van der Waals surface area contributed by atoms with Gasteiger partial charge in [0, 0.05) is 17.4 Å². The number of nitrogens with two attached hydrogens (primary N) is 2. The summed E-state index contributed by atoms with van der Waals surface area (Å²) in [6, 6.07) is 22.2. The number of H-pyrrole nitrogens is 2. The van der Waals surface area contributed by atoms with Crippen LogP contribution in [0, 0.1) is 27.7 Å². The molecular weight excluding hydrogens is 793 g/mol. The molecule has 6 rings (SSSR count). The van der Waals surface area contributed by atoms with Gasteiger partial charge in [-0.3, -0.25) is 19.8 Å². The Labute approximate surface area is 326 Å². The molecule has 18 nitrogen and oxygen atoms in total. The molecule has 55 heavy (non-hydrogen) atoms. The summed E-state index contributed by atoms with van der Waals surface area (Å²) in [6.45, 7) is 6.29. The normalized spacial score (nSPS) is 11.7. The van der Waals surface area contributed by atoms with Gasteiger partial charge in [0.25, 0.3) is 11.1 Å². The molecule has 0 atom stereocenters. The maximum atomic E-state index is 12.6. The standard InChI is InChI=1S/2C17H17N5O4S.Cr/c2*1-10-8-13(14(23)9-15(10)27(18,25)26)19-20-16-11(2)21-22(17(16)24)12-6-4-3-5-7-12;/h2*3-9,21,23H,1-2H3,(H2,18,25,26);/p-1. The van der Waals surface area contributed by atoms with Crippen molar-refractivity contribution < 1.29 is 45.8 Å². The topological polar surface area (TPSA) is 291 Å². The predicted molar refractivity (Wildman–Crippen MR) is 196 cm³/mol. The number of sulfonamides is 2. The van der Waals surface area contributed by atoms with Crippen molar-refractivity contribution in [2.45, 2.75) is 37.5 Å². The van der Waals surface area contributed by atoms with E-state index < -0.39 is 42.7 Å². The second-order valence-corrected chi connectivity index (χ2v) is 14.8. The van der Waals surface area contributed by atoms with Gasteiger partial charge in [-0.05, 0) is 87.4 Å². The maximum Gasteiger partial charge on any atom is 1.00 e. The van der Waals surface area contributed by atoms with Crippen LogP contribution in [0.15, 0.2) is 125 Å². The largest absolute Gasteiger partial charge is 1.00 e. The Bertz CT molecular complexity index is 2590. The number of para-hydroxylation sites is 2. The van der Waals surface area contributed by atoms with E-state index in [9.17, 15) is 36.6 Å². The number of primary sulfonamides is 2. The number of rotatable bonds is 8. The van der Waals surface area contributed by atoms with Gasteiger partial charge in [0.1, 0.15) is 0 Å². The Balaban J connectivity index is 0.000000290. The van der Waals surface area contributed by atoms with Crippen LogP contribution in [0.1, 0.15) is 23.9 Å². The molecule has 0 aliphatic heterocycles. The van der Waals surface area contributed by atoms with E-state index in [4.69, 9.17) is 10.3 Å². The number of hydrogen-bond acceptors (Lipinski definition) is 12. The minimum Gasteiger partial charge on any atom is -0.871 e. The molecule has 0 aliphatic rings. The van der Waals surface area contributed by atoms with E-state index in [1.165, 1.54) is 35.3 Å². The number of aryl methyl sites for hydroxylation is 4. The fourth-order valence-corrected chi connectivity index (χ4v) is 6.67. The van der Waals surface area contributed by atoms with E-state index in [1.54, 1.807) is 62.4 Å². The molecule has 0 saturated carbocycles. The van der Waals surface area contributed by atoms with Crippen LogP contribution >= 0.6 is 0 Å². The van der Waals surface area contributed by atoms with Crippen LogP contribution in [0.4, 0.5) is 22.7 Å². The van der Waals surface area contributed by atoms with Crippen molar-refractivity contribution in [2.24, 2.45) is 30.7 Å². The second-order valence-electron chi connectivity index (χ2n) is 11.8. The molecule has 4 aromatic carbocycles. The van der Waals surface area contributed by atoms with Gasteiger partial charge in [0.05, 0.1) is 43.9 Å². The fraction of sp³-hybridized carbons (Fsp3) is 0.118. The third-order valence-corrected chi connectivity index (χ3v) is 9.86. The summed E-state index contributed by atoms with van der Waals surface area (Å²) in [4.78, 5) is 24.6. The van der Waals surface area contributed by atoms with Crippen molar-refractivity contribution in [1.82, 2.24) is 19.6 Å². The zero-order chi connectivity index (χ0) is 39.5. The average molecular weight is 826 g/mol. The molecule has 21 heteroatoms. The Morgan fingerprint density at radius 1 is 0.582 bits per heavy atom. The van der Waals surface area contributed by atoms with Gasteiger partial charge in [-0.15, -0.1) is 10.2 Å². The monoisotopic (exact) mass is 825 g/mol. The number of azo groups is 2. The van der Waals surface area contributed by atoms with Crippen LogP contribution < -0.4 is 31.6 Å². The van der Waals surface area contributed by atoms with Gasteiger partial charge in [0.15, 0.2) is 11.4 Å². The number of nitrogens with one attached hydrogen (secondary N) is 2. The van der Waals surface area contributed by atoms with E-state index in [0.29, 0.717) is 22.8 Å². The van der Waals surface area contributed by atoms with Crippen molar-refractivity contribution in [2.75, 3.05) is 0 Å². The number of benzene rings is 4. The van der Waals surface area contributed by atoms with Gasteiger partial charge < -0.3 is 10.2 Å². The second kappa shape index (κ2) is 16.6. The van der Waals surface area contributed by atoms with Crippen LogP contribution in [-0.2, 0) is 37.4 Å². The van der Waals surface area contributed by atoms with Crippen molar-refractivity contribution in [3.05, 3.63) is 128 Å². The van der Waals surface area contributed by atoms with Gasteiger partial charge in [-0.2, -0.15) is 10.2 Å². The molecule has 0 spiro atoms. The summed E-state index contributed by atoms with van der Waals surface area (Å²) >= 11 is 0. The summed E-state index contributed by atoms with van der Waals surface area (Å²) < 4.78 is 48.5. The first-order valence-corrected chi connectivity index (χ1v) is 18.7. The first-order chi connectivity index (χ1) is 25.4. The van der Waals surface area contributed by atoms with E-state index in [0.717, 1.165) is 12.1 Å². The van der Waals surface area contributed by atoms with Gasteiger partial charge in [-0.1, -0.05) is 47.9 Å². The summed E-state index contributed by atoms with van der Waals surface area (Å²) in [5.74, 6) is -1.32. The van der Waals surface area contributed by atoms with Crippen LogP contribution in [0.25, 0.3) is 11.4 Å². The van der Waals surface area contributed by atoms with E-state index in [-0.39, 0.29) is 62.5 Å². The van der Waals surface area contributed by atoms with E-state index in [1.807, 2.05) is 12.1 Å². The van der Waals surface area contributed by atoms with E-state index in [2.05, 4.69) is 30.7 Å². The maximum absolute atomic E-state index is 12.6. The van der Waals surface area contributed by atoms with Crippen LogP contribution in [0.2, 0.25) is 0 Å². The summed E-state index contributed by atoms with van der Waals surface area (Å²) in [5, 5.41) is 55.6. The van der Waals surface area contributed by atoms with Crippen LogP contribution in [-0.4, -0.2) is 36.4 Å². The third-order valence-electron chi connectivity index (χ3n) is 7.75. The van der Waals surface area contributed by atoms with Crippen molar-refractivity contribution >= 4 is 42.8 Å². The molecule has 0 fully saturated rings. The molecular formula is C34H33CrN10O8S2-. The average Bonchev–Trinajstić information content (AvgIpc) is 3.57. The number of aromatic amines is 2. The van der Waals surface area contributed by atoms with Gasteiger partial charge in [-0.25, -0.2) is 36.5 Å². The van der Waals surface area contributed by atoms with E-state index >= 15 is 0 Å². The van der Waals surface area contributed by atoms with Crippen molar-refractivity contribution in [1.29, 1.82) is 0 Å². The third kappa shape index (κ3) is 9.41. The number of nitrogens with zero attached hydrogens (tertiary/aromatic N) is 6. The molecule has 286 valence electrons. The number of hydrogen-bond donors (Lipinski definition) is 4. The first kappa shape index (κ1) is 41.8. The van der Waals surface area contributed by atoms with Crippen LogP contribution in [0.3, 0.4) is 0 Å². The predicted octanol–water partition coefficient (Wildman–Crippen LogP) is 3.95. The zero-order valence-electron chi connectivity index (χ0n) is 30.4. The molecule has 0 amide bonds. The minimum atomic E-state index is -4.01. The molecule has 0 bridgehead atoms. The SMILES string of the molecule is Cc1cc(N=Nc2c(C)[nH]n(-c3ccccc3)c2=O)c([O-])cc1S(N)(=O)=O.Cc1cc(N=Nc2c(C)[nH]n(-c3ccccc3)c2=O)c([O-])cc1S(N)(=O)=O.[Cr].[H+]. The zero-order valence-corrected chi connectivity index (χ0v) is 32.3. The minimum absolute atomic E-state index is 0. The molecule has 6 N–H and O–H groups in total. The van der Waals surface area contributed by atoms with Crippen LogP contribution in [0.5, 0.6) is 11.5 Å². The Kier molecular flexibility index (Phi) is 12.6. The summed E-state index contributed by atoms with van der Waals surface area (Å²) in [5.41, 5.74) is 1.79. The Morgan fingerprint density at radius 2 is 0.909 bits per heavy atom. The molecule has 0 unspecified atom stereocenters. The molecule has 2 aromatic heterocycles. The van der Waals surface area contributed by atoms with Crippen molar-refractivity contribution in [3.8, 4) is 22.9 Å². The molecule has 2 heterocycles. The summed E-state index contributed by atoms with van der Waals surface area (Å²) in [7, 11) is -8.02. The van der Waals surface area contributed by atoms with Gasteiger partial charge in [0.2, 0.25) is 20.0 Å². The first-order valence-electron chi connectivity index (χ1n) is 15.6. The smallest absolute Gasteiger partial charge is 0.871 e. The summed E-state index contributed by atoms with van der Waals surface area (Å²) in [6.07, 6.45) is 0. The number of aromatic nitrogens is 4. The molecule has 0 aliphatic carbocycles.